The number of nitrogens with one attached hydrogen (secondary N) is 2. The predicted molar refractivity (Wildman–Crippen MR) is 80.0 cm³/mol. The van der Waals surface area contributed by atoms with Gasteiger partial charge in [-0.1, -0.05) is 19.9 Å². The average Bonchev–Trinajstić information content (AvgIpc) is 2.36. The van der Waals surface area contributed by atoms with Gasteiger partial charge in [0.2, 0.25) is 11.8 Å². The summed E-state index contributed by atoms with van der Waals surface area (Å²) in [6.07, 6.45) is 0.650. The summed E-state index contributed by atoms with van der Waals surface area (Å²) in [6.45, 7) is 3.81. The van der Waals surface area contributed by atoms with Gasteiger partial charge >= 0.3 is 6.03 Å². The van der Waals surface area contributed by atoms with Gasteiger partial charge in [-0.2, -0.15) is 0 Å². The summed E-state index contributed by atoms with van der Waals surface area (Å²) in [5.74, 6) is -0.429. The van der Waals surface area contributed by atoms with Crippen LogP contribution in [0.3, 0.4) is 0 Å². The highest BCUT2D eigenvalue weighted by molar-refractivity contribution is 6.17. The molecule has 112 valence electrons. The molecule has 6 heteroatoms. The van der Waals surface area contributed by atoms with E-state index in [0.29, 0.717) is 24.2 Å². The van der Waals surface area contributed by atoms with Gasteiger partial charge in [-0.25, -0.2) is 4.79 Å². The molecule has 21 heavy (non-hydrogen) atoms. The smallest absolute Gasteiger partial charge is 0.318 e. The van der Waals surface area contributed by atoms with Crippen LogP contribution < -0.4 is 15.5 Å². The van der Waals surface area contributed by atoms with Crippen molar-refractivity contribution in [2.45, 2.75) is 26.7 Å². The van der Waals surface area contributed by atoms with Crippen LogP contribution in [0.15, 0.2) is 24.3 Å². The number of imide groups is 1. The van der Waals surface area contributed by atoms with Gasteiger partial charge in [0.15, 0.2) is 0 Å². The van der Waals surface area contributed by atoms with Gasteiger partial charge in [-0.3, -0.25) is 14.5 Å². The minimum atomic E-state index is -0.357. The van der Waals surface area contributed by atoms with Crippen LogP contribution in [-0.4, -0.2) is 24.9 Å². The number of carbonyl (C=O) groups excluding carboxylic acids is 3. The van der Waals surface area contributed by atoms with Crippen molar-refractivity contribution in [3.8, 4) is 0 Å². The number of carbonyl (C=O) groups is 3. The molecule has 1 aromatic rings. The first-order chi connectivity index (χ1) is 9.82. The first-order valence-electron chi connectivity index (χ1n) is 6.77. The molecule has 0 atom stereocenters. The summed E-state index contributed by atoms with van der Waals surface area (Å²) in [5.41, 5.74) is 0.703. The van der Waals surface area contributed by atoms with Crippen LogP contribution in [0.4, 0.5) is 16.2 Å². The fourth-order valence-electron chi connectivity index (χ4n) is 2.38. The second-order valence-electron chi connectivity index (χ2n) is 5.90. The number of rotatable bonds is 2. The van der Waals surface area contributed by atoms with Crippen LogP contribution in [0.5, 0.6) is 0 Å². The molecule has 0 unspecified atom stereocenters. The fourth-order valence-corrected chi connectivity index (χ4v) is 2.38. The highest BCUT2D eigenvalue weighted by Gasteiger charge is 2.38. The molecule has 6 nitrogen and oxygen atoms in total. The van der Waals surface area contributed by atoms with E-state index in [1.165, 1.54) is 11.9 Å². The Bertz CT molecular complexity index is 576. The van der Waals surface area contributed by atoms with Crippen LogP contribution in [0.1, 0.15) is 26.7 Å². The molecule has 1 aromatic carbocycles. The number of hydrogen-bond acceptors (Lipinski definition) is 3. The summed E-state index contributed by atoms with van der Waals surface area (Å²) >= 11 is 0. The zero-order chi connectivity index (χ0) is 15.6. The molecule has 0 aromatic heterocycles. The molecular formula is C15H19N3O3. The average molecular weight is 289 g/mol. The monoisotopic (exact) mass is 289 g/mol. The van der Waals surface area contributed by atoms with Crippen molar-refractivity contribution in [3.63, 3.8) is 0 Å². The van der Waals surface area contributed by atoms with Gasteiger partial charge in [0.1, 0.15) is 0 Å². The van der Waals surface area contributed by atoms with Crippen molar-refractivity contribution in [1.29, 1.82) is 0 Å². The number of amides is 4. The van der Waals surface area contributed by atoms with Crippen LogP contribution in [-0.2, 0) is 9.59 Å². The number of hydrogen-bond donors (Lipinski definition) is 2. The summed E-state index contributed by atoms with van der Waals surface area (Å²) < 4.78 is 0. The zero-order valence-corrected chi connectivity index (χ0v) is 12.4. The SMILES string of the molecule is CNC(=O)Nc1cccc(N2C(=O)CC(C)(C)CC2=O)c1. The second-order valence-corrected chi connectivity index (χ2v) is 5.90. The van der Waals surface area contributed by atoms with Crippen molar-refractivity contribution in [2.24, 2.45) is 5.41 Å². The maximum Gasteiger partial charge on any atom is 0.318 e. The molecule has 1 fully saturated rings. The van der Waals surface area contributed by atoms with Crippen LogP contribution in [0, 0.1) is 5.41 Å². The molecule has 0 radical (unpaired) electrons. The van der Waals surface area contributed by atoms with E-state index < -0.39 is 0 Å². The van der Waals surface area contributed by atoms with E-state index in [2.05, 4.69) is 10.6 Å². The Labute approximate surface area is 123 Å². The van der Waals surface area contributed by atoms with E-state index in [0.717, 1.165) is 0 Å². The summed E-state index contributed by atoms with van der Waals surface area (Å²) in [7, 11) is 1.51. The predicted octanol–water partition coefficient (Wildman–Crippen LogP) is 2.12. The third-order valence-electron chi connectivity index (χ3n) is 3.35. The highest BCUT2D eigenvalue weighted by atomic mass is 16.2. The lowest BCUT2D eigenvalue weighted by molar-refractivity contribution is -0.132. The number of anilines is 2. The molecule has 1 saturated heterocycles. The van der Waals surface area contributed by atoms with Gasteiger partial charge in [0.25, 0.3) is 0 Å². The van der Waals surface area contributed by atoms with E-state index in [-0.39, 0.29) is 23.3 Å². The Kier molecular flexibility index (Phi) is 3.97. The Hall–Kier alpha value is -2.37. The summed E-state index contributed by atoms with van der Waals surface area (Å²) in [6, 6.07) is 6.33. The molecule has 2 rings (SSSR count). The largest absolute Gasteiger partial charge is 0.341 e. The highest BCUT2D eigenvalue weighted by Crippen LogP contribution is 2.34. The lowest BCUT2D eigenvalue weighted by Crippen LogP contribution is -2.46. The lowest BCUT2D eigenvalue weighted by Gasteiger charge is -2.34. The van der Waals surface area contributed by atoms with Crippen molar-refractivity contribution in [3.05, 3.63) is 24.3 Å². The summed E-state index contributed by atoms with van der Waals surface area (Å²) in [4.78, 5) is 36.9. The van der Waals surface area contributed by atoms with E-state index in [1.54, 1.807) is 24.3 Å². The molecule has 0 spiro atoms. The van der Waals surface area contributed by atoms with Crippen LogP contribution in [0.25, 0.3) is 0 Å². The number of nitrogens with zero attached hydrogens (tertiary/aromatic N) is 1. The molecule has 0 bridgehead atoms. The number of piperidine rings is 1. The van der Waals surface area contributed by atoms with Crippen molar-refractivity contribution in [1.82, 2.24) is 5.32 Å². The third kappa shape index (κ3) is 3.39. The van der Waals surface area contributed by atoms with Crippen molar-refractivity contribution in [2.75, 3.05) is 17.3 Å². The van der Waals surface area contributed by atoms with Gasteiger partial charge in [0, 0.05) is 25.6 Å². The maximum atomic E-state index is 12.2. The van der Waals surface area contributed by atoms with E-state index in [9.17, 15) is 14.4 Å². The Morgan fingerprint density at radius 3 is 2.38 bits per heavy atom. The number of benzene rings is 1. The van der Waals surface area contributed by atoms with Gasteiger partial charge < -0.3 is 10.6 Å². The lowest BCUT2D eigenvalue weighted by atomic mass is 9.81. The Balaban J connectivity index is 2.25. The van der Waals surface area contributed by atoms with Gasteiger partial charge in [0.05, 0.1) is 5.69 Å². The minimum Gasteiger partial charge on any atom is -0.341 e. The number of urea groups is 1. The van der Waals surface area contributed by atoms with Crippen LogP contribution >= 0.6 is 0 Å². The van der Waals surface area contributed by atoms with Gasteiger partial charge in [-0.05, 0) is 23.6 Å². The molecule has 1 aliphatic heterocycles. The zero-order valence-electron chi connectivity index (χ0n) is 12.4. The molecule has 1 aliphatic rings. The molecule has 4 amide bonds. The fraction of sp³-hybridized carbons (Fsp3) is 0.400. The first-order valence-corrected chi connectivity index (χ1v) is 6.77. The Morgan fingerprint density at radius 1 is 1.19 bits per heavy atom. The van der Waals surface area contributed by atoms with Crippen molar-refractivity contribution < 1.29 is 14.4 Å². The minimum absolute atomic E-state index is 0.214. The molecule has 2 N–H and O–H groups in total. The second kappa shape index (κ2) is 5.55. The quantitative estimate of drug-likeness (QED) is 0.818. The topological polar surface area (TPSA) is 78.5 Å². The molecule has 0 saturated carbocycles. The van der Waals surface area contributed by atoms with Crippen molar-refractivity contribution >= 4 is 29.2 Å². The van der Waals surface area contributed by atoms with E-state index >= 15 is 0 Å². The molecular weight excluding hydrogens is 270 g/mol. The summed E-state index contributed by atoms with van der Waals surface area (Å²) in [5, 5.41) is 5.06. The van der Waals surface area contributed by atoms with Gasteiger partial charge in [-0.15, -0.1) is 0 Å². The normalized spacial score (nSPS) is 17.6. The first kappa shape index (κ1) is 15.0. The van der Waals surface area contributed by atoms with Crippen LogP contribution in [0.2, 0.25) is 0 Å². The third-order valence-corrected chi connectivity index (χ3v) is 3.35. The molecule has 1 heterocycles. The maximum absolute atomic E-state index is 12.2. The van der Waals surface area contributed by atoms with E-state index in [1.807, 2.05) is 13.8 Å². The Morgan fingerprint density at radius 2 is 1.81 bits per heavy atom. The molecule has 0 aliphatic carbocycles. The van der Waals surface area contributed by atoms with E-state index in [4.69, 9.17) is 0 Å². The standard InChI is InChI=1S/C15H19N3O3/c1-15(2)8-12(19)18(13(20)9-15)11-6-4-5-10(7-11)17-14(21)16-3/h4-7H,8-9H2,1-3H3,(H2,16,17,21).